The van der Waals surface area contributed by atoms with Crippen LogP contribution in [0.15, 0.2) is 0 Å². The molecule has 0 fully saturated rings. The first-order chi connectivity index (χ1) is 4.66. The second-order valence-corrected chi connectivity index (χ2v) is 2.11. The predicted octanol–water partition coefficient (Wildman–Crippen LogP) is -1.14. The molecule has 0 aromatic heterocycles. The minimum absolute atomic E-state index is 0.0518. The van der Waals surface area contributed by atoms with Gasteiger partial charge in [0.05, 0.1) is 6.54 Å². The molecule has 0 saturated carbocycles. The topological polar surface area (TPSA) is 91.0 Å². The van der Waals surface area contributed by atoms with Crippen molar-refractivity contribution in [3.8, 4) is 0 Å². The summed E-state index contributed by atoms with van der Waals surface area (Å²) in [6, 6.07) is 0. The lowest BCUT2D eigenvalue weighted by Gasteiger charge is -2.01. The Labute approximate surface area is 63.4 Å². The first kappa shape index (κ1) is 9.09. The van der Waals surface area contributed by atoms with Crippen molar-refractivity contribution in [3.63, 3.8) is 0 Å². The van der Waals surface area contributed by atoms with Crippen molar-refractivity contribution in [2.75, 3.05) is 12.8 Å². The maximum atomic E-state index is 10.6. The summed E-state index contributed by atoms with van der Waals surface area (Å²) in [5, 5.41) is 9.07. The molecule has 0 aliphatic heterocycles. The molecule has 58 valence electrons. The number of nitrogens with one attached hydrogen (secondary N) is 3. The number of nitrogens with two attached hydrogens (primary N) is 1. The number of hydrogen-bond donors (Lipinski definition) is 4. The van der Waals surface area contributed by atoms with Crippen molar-refractivity contribution in [1.29, 1.82) is 5.41 Å². The highest BCUT2D eigenvalue weighted by molar-refractivity contribution is 7.97. The molecule has 0 rings (SSSR count). The molecule has 0 heterocycles. The van der Waals surface area contributed by atoms with Gasteiger partial charge in [-0.1, -0.05) is 11.9 Å². The van der Waals surface area contributed by atoms with Crippen LogP contribution in [0.1, 0.15) is 0 Å². The van der Waals surface area contributed by atoms with Gasteiger partial charge >= 0.3 is 0 Å². The van der Waals surface area contributed by atoms with Gasteiger partial charge in [-0.2, -0.15) is 0 Å². The van der Waals surface area contributed by atoms with Crippen LogP contribution in [0.2, 0.25) is 0 Å². The SMILES string of the molecule is CSNC(=O)CNC(=N)N. The molecular formula is C4H10N4OS. The number of rotatable bonds is 3. The van der Waals surface area contributed by atoms with Crippen molar-refractivity contribution >= 4 is 23.8 Å². The summed E-state index contributed by atoms with van der Waals surface area (Å²) in [6.45, 7) is 0.0518. The van der Waals surface area contributed by atoms with E-state index in [0.29, 0.717) is 0 Å². The minimum atomic E-state index is -0.198. The third-order valence-corrected chi connectivity index (χ3v) is 1.09. The lowest BCUT2D eigenvalue weighted by Crippen LogP contribution is -2.37. The van der Waals surface area contributed by atoms with Gasteiger partial charge in [-0.15, -0.1) is 0 Å². The second-order valence-electron chi connectivity index (χ2n) is 1.50. The molecule has 0 unspecified atom stereocenters. The fourth-order valence-electron chi connectivity index (χ4n) is 0.325. The molecule has 5 N–H and O–H groups in total. The molecule has 1 amide bonds. The Hall–Kier alpha value is -0.910. The molecule has 0 aliphatic carbocycles. The van der Waals surface area contributed by atoms with Crippen LogP contribution in [-0.4, -0.2) is 24.7 Å². The smallest absolute Gasteiger partial charge is 0.249 e. The van der Waals surface area contributed by atoms with Crippen molar-refractivity contribution in [2.24, 2.45) is 5.73 Å². The maximum absolute atomic E-state index is 10.6. The van der Waals surface area contributed by atoms with Gasteiger partial charge in [-0.3, -0.25) is 14.9 Å². The standard InChI is InChI=1S/C4H10N4OS/c1-10-8-3(9)2-7-4(5)6/h2H2,1H3,(H,8,9)(H4,5,6,7). The molecule has 10 heavy (non-hydrogen) atoms. The highest BCUT2D eigenvalue weighted by Gasteiger charge is 1.97. The lowest BCUT2D eigenvalue weighted by atomic mass is 10.6. The van der Waals surface area contributed by atoms with Crippen molar-refractivity contribution in [1.82, 2.24) is 10.0 Å². The molecule has 5 nitrogen and oxygen atoms in total. The molecular weight excluding hydrogens is 152 g/mol. The van der Waals surface area contributed by atoms with Crippen molar-refractivity contribution in [2.45, 2.75) is 0 Å². The van der Waals surface area contributed by atoms with Crippen LogP contribution in [0, 0.1) is 5.41 Å². The number of carbonyl (C=O) groups excluding carboxylic acids is 1. The van der Waals surface area contributed by atoms with Gasteiger partial charge in [0.25, 0.3) is 0 Å². The van der Waals surface area contributed by atoms with E-state index in [1.54, 1.807) is 6.26 Å². The molecule has 0 aliphatic rings. The zero-order chi connectivity index (χ0) is 7.98. The van der Waals surface area contributed by atoms with E-state index < -0.39 is 0 Å². The van der Waals surface area contributed by atoms with Crippen LogP contribution in [0.3, 0.4) is 0 Å². The first-order valence-electron chi connectivity index (χ1n) is 2.56. The first-order valence-corrected chi connectivity index (χ1v) is 3.79. The van der Waals surface area contributed by atoms with E-state index in [2.05, 4.69) is 10.0 Å². The van der Waals surface area contributed by atoms with Crippen LogP contribution >= 0.6 is 11.9 Å². The highest BCUT2D eigenvalue weighted by Crippen LogP contribution is 1.79. The van der Waals surface area contributed by atoms with Crippen molar-refractivity contribution < 1.29 is 4.79 Å². The molecule has 0 radical (unpaired) electrons. The predicted molar refractivity (Wildman–Crippen MR) is 41.6 cm³/mol. The summed E-state index contributed by atoms with van der Waals surface area (Å²) in [5.74, 6) is -0.390. The lowest BCUT2D eigenvalue weighted by molar-refractivity contribution is -0.118. The third-order valence-electron chi connectivity index (χ3n) is 0.655. The fraction of sp³-hybridized carbons (Fsp3) is 0.500. The van der Waals surface area contributed by atoms with E-state index in [1.807, 2.05) is 0 Å². The number of hydrogen-bond acceptors (Lipinski definition) is 3. The monoisotopic (exact) mass is 162 g/mol. The zero-order valence-corrected chi connectivity index (χ0v) is 6.42. The molecule has 0 bridgehead atoms. The summed E-state index contributed by atoms with van der Waals surface area (Å²) in [7, 11) is 0. The maximum Gasteiger partial charge on any atom is 0.249 e. The number of guanidine groups is 1. The van der Waals surface area contributed by atoms with E-state index in [4.69, 9.17) is 11.1 Å². The Bertz CT molecular complexity index is 137. The summed E-state index contributed by atoms with van der Waals surface area (Å²) >= 11 is 1.21. The summed E-state index contributed by atoms with van der Waals surface area (Å²) in [6.07, 6.45) is 1.74. The van der Waals surface area contributed by atoms with Gasteiger partial charge in [-0.05, 0) is 0 Å². The van der Waals surface area contributed by atoms with E-state index in [-0.39, 0.29) is 18.4 Å². The largest absolute Gasteiger partial charge is 0.370 e. The van der Waals surface area contributed by atoms with Crippen molar-refractivity contribution in [3.05, 3.63) is 0 Å². The van der Waals surface area contributed by atoms with Gasteiger partial charge in [0, 0.05) is 6.26 Å². The van der Waals surface area contributed by atoms with Gasteiger partial charge in [0.1, 0.15) is 0 Å². The molecule has 6 heteroatoms. The second kappa shape index (κ2) is 4.92. The van der Waals surface area contributed by atoms with E-state index >= 15 is 0 Å². The average Bonchev–Trinajstić information content (AvgIpc) is 1.85. The molecule has 0 saturated heterocycles. The third kappa shape index (κ3) is 5.23. The van der Waals surface area contributed by atoms with Gasteiger partial charge in [0.2, 0.25) is 5.91 Å². The van der Waals surface area contributed by atoms with Gasteiger partial charge < -0.3 is 11.1 Å². The van der Waals surface area contributed by atoms with Crippen LogP contribution in [0.25, 0.3) is 0 Å². The molecule has 0 aromatic carbocycles. The van der Waals surface area contributed by atoms with Gasteiger partial charge in [0.15, 0.2) is 5.96 Å². The highest BCUT2D eigenvalue weighted by atomic mass is 32.2. The Morgan fingerprint density at radius 1 is 1.80 bits per heavy atom. The van der Waals surface area contributed by atoms with Crippen LogP contribution < -0.4 is 15.8 Å². The summed E-state index contributed by atoms with van der Waals surface area (Å²) in [5.41, 5.74) is 4.92. The van der Waals surface area contributed by atoms with Crippen LogP contribution in [0.5, 0.6) is 0 Å². The summed E-state index contributed by atoms with van der Waals surface area (Å²) < 4.78 is 2.46. The Balaban J connectivity index is 3.30. The van der Waals surface area contributed by atoms with E-state index in [9.17, 15) is 4.79 Å². The number of carbonyl (C=O) groups is 1. The van der Waals surface area contributed by atoms with E-state index in [1.165, 1.54) is 11.9 Å². The van der Waals surface area contributed by atoms with Crippen LogP contribution in [0.4, 0.5) is 0 Å². The summed E-state index contributed by atoms with van der Waals surface area (Å²) in [4.78, 5) is 10.6. The molecule has 0 atom stereocenters. The van der Waals surface area contributed by atoms with E-state index in [0.717, 1.165) is 0 Å². The quantitative estimate of drug-likeness (QED) is 0.240. The Kier molecular flexibility index (Phi) is 4.47. The zero-order valence-electron chi connectivity index (χ0n) is 5.60. The fourth-order valence-corrected chi connectivity index (χ4v) is 0.625. The average molecular weight is 162 g/mol. The normalized spacial score (nSPS) is 8.50. The minimum Gasteiger partial charge on any atom is -0.370 e. The van der Waals surface area contributed by atoms with Crippen LogP contribution in [-0.2, 0) is 4.79 Å². The Morgan fingerprint density at radius 2 is 2.40 bits per heavy atom. The molecule has 0 aromatic rings. The van der Waals surface area contributed by atoms with Gasteiger partial charge in [-0.25, -0.2) is 0 Å². The Morgan fingerprint density at radius 3 is 2.80 bits per heavy atom. The molecule has 0 spiro atoms. The number of amides is 1.